The Kier molecular flexibility index (Phi) is 4.06. The third-order valence-corrected chi connectivity index (χ3v) is 3.88. The first-order valence-corrected chi connectivity index (χ1v) is 7.81. The molecule has 0 spiro atoms. The number of furan rings is 1. The molecular weight excluding hydrogens is 336 g/mol. The first-order valence-electron chi connectivity index (χ1n) is 7.81. The van der Waals surface area contributed by atoms with E-state index in [9.17, 15) is 4.79 Å². The molecule has 0 saturated heterocycles. The molecule has 0 radical (unpaired) electrons. The smallest absolute Gasteiger partial charge is 0.315 e. The van der Waals surface area contributed by atoms with Crippen LogP contribution in [0, 0.1) is 0 Å². The van der Waals surface area contributed by atoms with Gasteiger partial charge in [-0.25, -0.2) is 4.68 Å². The van der Waals surface area contributed by atoms with Crippen molar-refractivity contribution in [2.24, 2.45) is 0 Å². The molecule has 0 saturated carbocycles. The summed E-state index contributed by atoms with van der Waals surface area (Å²) >= 11 is 0. The van der Waals surface area contributed by atoms with E-state index in [-0.39, 0.29) is 12.4 Å². The molecule has 0 unspecified atom stereocenters. The van der Waals surface area contributed by atoms with E-state index in [1.165, 1.54) is 11.0 Å². The van der Waals surface area contributed by atoms with Crippen LogP contribution in [0.1, 0.15) is 5.56 Å². The summed E-state index contributed by atoms with van der Waals surface area (Å²) < 4.78 is 17.6. The van der Waals surface area contributed by atoms with E-state index in [4.69, 9.17) is 13.9 Å². The van der Waals surface area contributed by atoms with Gasteiger partial charge >= 0.3 is 5.97 Å². The Morgan fingerprint density at radius 2 is 1.96 bits per heavy atom. The number of rotatable bonds is 5. The predicted molar refractivity (Wildman–Crippen MR) is 91.3 cm³/mol. The minimum atomic E-state index is -0.376. The molecule has 0 atom stereocenters. The fourth-order valence-electron chi connectivity index (χ4n) is 2.60. The van der Waals surface area contributed by atoms with Crippen LogP contribution in [-0.4, -0.2) is 33.3 Å². The molecule has 0 N–H and O–H groups in total. The minimum absolute atomic E-state index is 0.105. The Morgan fingerprint density at radius 1 is 1.15 bits per heavy atom. The number of aromatic nitrogens is 4. The lowest BCUT2D eigenvalue weighted by Crippen LogP contribution is -2.11. The average molecular weight is 350 g/mol. The molecule has 8 heteroatoms. The maximum atomic E-state index is 12.2. The fourth-order valence-corrected chi connectivity index (χ4v) is 2.60. The van der Waals surface area contributed by atoms with Gasteiger partial charge in [-0.2, -0.15) is 0 Å². The van der Waals surface area contributed by atoms with Crippen LogP contribution in [0.4, 0.5) is 0 Å². The van der Waals surface area contributed by atoms with Crippen molar-refractivity contribution in [2.75, 3.05) is 7.11 Å². The van der Waals surface area contributed by atoms with Crippen molar-refractivity contribution < 1.29 is 18.7 Å². The van der Waals surface area contributed by atoms with Gasteiger partial charge in [0.2, 0.25) is 0 Å². The number of ether oxygens (including phenoxy) is 2. The number of tetrazole rings is 1. The fraction of sp³-hybridized carbons (Fsp3) is 0.111. The summed E-state index contributed by atoms with van der Waals surface area (Å²) in [6.45, 7) is 0. The standard InChI is InChI=1S/C18H14N4O4/c1-24-15-6-7-16-12(10-25-17(16)9-15)8-18(23)26-14-4-2-13(3-5-14)22-11-19-20-21-22/h2-7,9-11H,8H2,1H3. The molecule has 8 nitrogen and oxygen atoms in total. The summed E-state index contributed by atoms with van der Waals surface area (Å²) in [6, 6.07) is 12.4. The largest absolute Gasteiger partial charge is 0.497 e. The highest BCUT2D eigenvalue weighted by atomic mass is 16.5. The third kappa shape index (κ3) is 3.12. The molecule has 0 amide bonds. The van der Waals surface area contributed by atoms with Crippen molar-refractivity contribution in [3.8, 4) is 17.2 Å². The van der Waals surface area contributed by atoms with Crippen molar-refractivity contribution in [3.05, 3.63) is 60.6 Å². The maximum Gasteiger partial charge on any atom is 0.315 e. The number of fused-ring (bicyclic) bond motifs is 1. The van der Waals surface area contributed by atoms with Crippen molar-refractivity contribution >= 4 is 16.9 Å². The van der Waals surface area contributed by atoms with Gasteiger partial charge in [0.15, 0.2) is 0 Å². The highest BCUT2D eigenvalue weighted by molar-refractivity contribution is 5.87. The number of hydrogen-bond acceptors (Lipinski definition) is 7. The first-order chi connectivity index (χ1) is 12.7. The molecule has 26 heavy (non-hydrogen) atoms. The quantitative estimate of drug-likeness (QED) is 0.403. The number of methoxy groups -OCH3 is 1. The van der Waals surface area contributed by atoms with Gasteiger partial charge < -0.3 is 13.9 Å². The van der Waals surface area contributed by atoms with E-state index in [2.05, 4.69) is 15.5 Å². The van der Waals surface area contributed by atoms with Crippen LogP contribution in [0.25, 0.3) is 16.7 Å². The molecule has 2 aromatic heterocycles. The van der Waals surface area contributed by atoms with Crippen LogP contribution in [0.5, 0.6) is 11.5 Å². The van der Waals surface area contributed by atoms with Crippen LogP contribution in [0.2, 0.25) is 0 Å². The summed E-state index contributed by atoms with van der Waals surface area (Å²) in [5.74, 6) is 0.767. The average Bonchev–Trinajstić information content (AvgIpc) is 3.32. The summed E-state index contributed by atoms with van der Waals surface area (Å²) in [5.41, 5.74) is 2.19. The van der Waals surface area contributed by atoms with Crippen molar-refractivity contribution in [3.63, 3.8) is 0 Å². The molecule has 4 aromatic rings. The molecule has 0 fully saturated rings. The summed E-state index contributed by atoms with van der Waals surface area (Å²) in [7, 11) is 1.59. The number of esters is 1. The van der Waals surface area contributed by atoms with E-state index in [0.29, 0.717) is 17.1 Å². The first kappa shape index (κ1) is 15.8. The van der Waals surface area contributed by atoms with E-state index < -0.39 is 0 Å². The monoisotopic (exact) mass is 350 g/mol. The number of carbonyl (C=O) groups excluding carboxylic acids is 1. The van der Waals surface area contributed by atoms with E-state index in [1.54, 1.807) is 43.7 Å². The number of benzene rings is 2. The third-order valence-electron chi connectivity index (χ3n) is 3.88. The maximum absolute atomic E-state index is 12.2. The molecule has 4 rings (SSSR count). The van der Waals surface area contributed by atoms with E-state index in [1.807, 2.05) is 12.1 Å². The Labute approximate surface area is 147 Å². The van der Waals surface area contributed by atoms with Gasteiger partial charge in [-0.3, -0.25) is 4.79 Å². The van der Waals surface area contributed by atoms with Crippen LogP contribution in [-0.2, 0) is 11.2 Å². The number of hydrogen-bond donors (Lipinski definition) is 0. The number of nitrogens with zero attached hydrogens (tertiary/aromatic N) is 4. The Morgan fingerprint density at radius 3 is 2.69 bits per heavy atom. The van der Waals surface area contributed by atoms with Crippen molar-refractivity contribution in [2.45, 2.75) is 6.42 Å². The molecule has 0 aliphatic heterocycles. The molecule has 2 aromatic carbocycles. The molecule has 0 aliphatic rings. The van der Waals surface area contributed by atoms with Gasteiger partial charge in [-0.15, -0.1) is 5.10 Å². The SMILES string of the molecule is COc1ccc2c(CC(=O)Oc3ccc(-n4cnnn4)cc3)coc2c1. The second-order valence-electron chi connectivity index (χ2n) is 5.52. The Hall–Kier alpha value is -3.68. The van der Waals surface area contributed by atoms with Crippen LogP contribution in [0.15, 0.2) is 59.5 Å². The number of carbonyl (C=O) groups is 1. The Bertz CT molecular complexity index is 1040. The normalized spacial score (nSPS) is 10.8. The molecule has 2 heterocycles. The highest BCUT2D eigenvalue weighted by Crippen LogP contribution is 2.26. The van der Waals surface area contributed by atoms with Gasteiger partial charge in [0.25, 0.3) is 0 Å². The second kappa shape index (κ2) is 6.67. The summed E-state index contributed by atoms with van der Waals surface area (Å²) in [5, 5.41) is 11.8. The van der Waals surface area contributed by atoms with Crippen molar-refractivity contribution in [1.82, 2.24) is 20.2 Å². The van der Waals surface area contributed by atoms with Crippen LogP contribution < -0.4 is 9.47 Å². The zero-order valence-corrected chi connectivity index (χ0v) is 13.8. The lowest BCUT2D eigenvalue weighted by molar-refractivity contribution is -0.133. The Balaban J connectivity index is 1.45. The zero-order chi connectivity index (χ0) is 17.9. The van der Waals surface area contributed by atoms with Gasteiger partial charge in [-0.1, -0.05) is 0 Å². The summed E-state index contributed by atoms with van der Waals surface area (Å²) in [6.07, 6.45) is 3.15. The van der Waals surface area contributed by atoms with Crippen molar-refractivity contribution in [1.29, 1.82) is 0 Å². The van der Waals surface area contributed by atoms with E-state index >= 15 is 0 Å². The minimum Gasteiger partial charge on any atom is -0.497 e. The molecule has 0 aliphatic carbocycles. The molecule has 0 bridgehead atoms. The van der Waals surface area contributed by atoms with Gasteiger partial charge in [0.05, 0.1) is 25.5 Å². The lowest BCUT2D eigenvalue weighted by Gasteiger charge is -2.05. The second-order valence-corrected chi connectivity index (χ2v) is 5.52. The van der Waals surface area contributed by atoms with Gasteiger partial charge in [0, 0.05) is 17.0 Å². The van der Waals surface area contributed by atoms with Gasteiger partial charge in [-0.05, 0) is 46.8 Å². The topological polar surface area (TPSA) is 92.3 Å². The summed E-state index contributed by atoms with van der Waals surface area (Å²) in [4.78, 5) is 12.2. The lowest BCUT2D eigenvalue weighted by atomic mass is 10.1. The predicted octanol–water partition coefficient (Wildman–Crippen LogP) is 2.57. The van der Waals surface area contributed by atoms with Gasteiger partial charge in [0.1, 0.15) is 23.4 Å². The molecular formula is C18H14N4O4. The highest BCUT2D eigenvalue weighted by Gasteiger charge is 2.13. The zero-order valence-electron chi connectivity index (χ0n) is 13.8. The van der Waals surface area contributed by atoms with Crippen LogP contribution >= 0.6 is 0 Å². The van der Waals surface area contributed by atoms with Crippen LogP contribution in [0.3, 0.4) is 0 Å². The van der Waals surface area contributed by atoms with E-state index in [0.717, 1.165) is 16.6 Å². The molecule has 130 valence electrons.